The van der Waals surface area contributed by atoms with Gasteiger partial charge in [0.2, 0.25) is 11.8 Å². The third-order valence-electron chi connectivity index (χ3n) is 5.88. The zero-order chi connectivity index (χ0) is 23.1. The minimum atomic E-state index is -1.47. The molecule has 2 saturated heterocycles. The van der Waals surface area contributed by atoms with Crippen LogP contribution < -0.4 is 40.0 Å². The van der Waals surface area contributed by atoms with Crippen molar-refractivity contribution in [1.29, 1.82) is 0 Å². The van der Waals surface area contributed by atoms with Gasteiger partial charge in [0.25, 0.3) is 5.91 Å². The number of rotatable bonds is 7. The average molecular weight is 510 g/mol. The first-order valence-electron chi connectivity index (χ1n) is 10.5. The van der Waals surface area contributed by atoms with Crippen LogP contribution in [0.15, 0.2) is 46.5 Å². The molecule has 1 N–H and O–H groups in total. The van der Waals surface area contributed by atoms with E-state index in [-0.39, 0.29) is 52.8 Å². The number of carbonyl (C=O) groups is 4. The number of β-lactam (4-membered cyclic amide) rings is 1. The van der Waals surface area contributed by atoms with Gasteiger partial charge in [0.05, 0.1) is 17.4 Å². The first kappa shape index (κ1) is 25.2. The topological polar surface area (TPSA) is 136 Å². The first-order valence-corrected chi connectivity index (χ1v) is 12.6. The molecule has 1 aromatic rings. The molecular weight excluding hydrogens is 489 g/mol. The van der Waals surface area contributed by atoms with Gasteiger partial charge in [0.1, 0.15) is 11.4 Å². The second-order valence-electron chi connectivity index (χ2n) is 8.09. The number of aromatic nitrogens is 2. The second kappa shape index (κ2) is 10.4. The summed E-state index contributed by atoms with van der Waals surface area (Å²) in [6.45, 7) is 0.641. The Kier molecular flexibility index (Phi) is 7.72. The standard InChI is InChI=1S/C21H21N5O5S2.Na/c27-14(10-33-21-22-5-1-6-23-21)24-15-18(29)26-16(20(30)31)12(9-32-19(15)26)8-11-4-7-25(17(11)28)13-2-3-13;/h1,5-6,8,13,15,19H,2-4,7,9-10H2,(H,24,27)(H,30,31);/q;+1/p-1/b11-8+;/t15-,19-;/m1./s1. The quantitative estimate of drug-likeness (QED) is 0.130. The number of aliphatic carboxylic acids is 1. The van der Waals surface area contributed by atoms with Gasteiger partial charge in [-0.05, 0) is 37.0 Å². The van der Waals surface area contributed by atoms with Crippen molar-refractivity contribution in [2.24, 2.45) is 0 Å². The predicted octanol–water partition coefficient (Wildman–Crippen LogP) is -3.70. The minimum absolute atomic E-state index is 0. The maximum atomic E-state index is 12.8. The van der Waals surface area contributed by atoms with Crippen molar-refractivity contribution in [2.75, 3.05) is 18.1 Å². The maximum Gasteiger partial charge on any atom is 1.00 e. The Hall–Kier alpha value is -1.86. The smallest absolute Gasteiger partial charge is 0.543 e. The largest absolute Gasteiger partial charge is 1.00 e. The van der Waals surface area contributed by atoms with Gasteiger partial charge in [-0.2, -0.15) is 0 Å². The molecule has 3 fully saturated rings. The van der Waals surface area contributed by atoms with Gasteiger partial charge in [-0.15, -0.1) is 11.8 Å². The van der Waals surface area contributed by atoms with Gasteiger partial charge in [0.15, 0.2) is 5.16 Å². The predicted molar refractivity (Wildman–Crippen MR) is 117 cm³/mol. The average Bonchev–Trinajstić information content (AvgIpc) is 3.59. The van der Waals surface area contributed by atoms with Crippen molar-refractivity contribution >= 4 is 47.2 Å². The SMILES string of the molecule is O=C(CSc1ncccn1)N[C@@H]1C(=O)N2C(C(=O)[O-])=C(/C=C3\CCN(C4CC4)C3=O)CS[C@H]12.[Na+]. The van der Waals surface area contributed by atoms with Crippen molar-refractivity contribution < 1.29 is 53.8 Å². The summed E-state index contributed by atoms with van der Waals surface area (Å²) in [7, 11) is 0. The van der Waals surface area contributed by atoms with Crippen LogP contribution in [0, 0.1) is 0 Å². The number of hydrogen-bond donors (Lipinski definition) is 1. The Balaban J connectivity index is 0.00000274. The molecule has 4 heterocycles. The second-order valence-corrected chi connectivity index (χ2v) is 10.1. The summed E-state index contributed by atoms with van der Waals surface area (Å²) in [5.74, 6) is -2.06. The zero-order valence-corrected chi connectivity index (χ0v) is 22.1. The van der Waals surface area contributed by atoms with Crippen molar-refractivity contribution in [3.63, 3.8) is 0 Å². The molecule has 0 spiro atoms. The van der Waals surface area contributed by atoms with Crippen molar-refractivity contribution in [3.05, 3.63) is 41.4 Å². The van der Waals surface area contributed by atoms with Crippen LogP contribution in [0.3, 0.4) is 0 Å². The molecule has 1 saturated carbocycles. The molecule has 10 nitrogen and oxygen atoms in total. The molecule has 3 aliphatic heterocycles. The fourth-order valence-corrected chi connectivity index (χ4v) is 6.08. The molecule has 0 bridgehead atoms. The fourth-order valence-electron chi connectivity index (χ4n) is 4.16. The molecular formula is C21H20N5NaO5S2. The Bertz CT molecular complexity index is 1090. The van der Waals surface area contributed by atoms with Gasteiger partial charge in [0, 0.05) is 36.3 Å². The van der Waals surface area contributed by atoms with E-state index in [0.717, 1.165) is 29.5 Å². The molecule has 1 aromatic heterocycles. The number of likely N-dealkylation sites (tertiary alicyclic amines) is 1. The number of fused-ring (bicyclic) bond motifs is 1. The number of allylic oxidation sites excluding steroid dienone is 1. The first-order chi connectivity index (χ1) is 15.9. The van der Waals surface area contributed by atoms with Crippen LogP contribution in [0.2, 0.25) is 0 Å². The van der Waals surface area contributed by atoms with Crippen LogP contribution in [0.1, 0.15) is 19.3 Å². The van der Waals surface area contributed by atoms with Crippen LogP contribution in [0.4, 0.5) is 0 Å². The van der Waals surface area contributed by atoms with E-state index in [1.54, 1.807) is 24.5 Å². The third-order valence-corrected chi connectivity index (χ3v) is 8.05. The molecule has 3 amide bonds. The van der Waals surface area contributed by atoms with E-state index in [0.29, 0.717) is 41.1 Å². The van der Waals surface area contributed by atoms with Crippen LogP contribution in [-0.4, -0.2) is 79.0 Å². The van der Waals surface area contributed by atoms with Gasteiger partial charge < -0.3 is 20.1 Å². The van der Waals surface area contributed by atoms with Crippen LogP contribution in [0.5, 0.6) is 0 Å². The Labute approximate surface area is 226 Å². The minimum Gasteiger partial charge on any atom is -0.543 e. The van der Waals surface area contributed by atoms with Crippen molar-refractivity contribution in [1.82, 2.24) is 25.1 Å². The Morgan fingerprint density at radius 1 is 1.26 bits per heavy atom. The summed E-state index contributed by atoms with van der Waals surface area (Å²) in [6.07, 6.45) is 7.33. The molecule has 172 valence electrons. The maximum absolute atomic E-state index is 12.8. The summed E-state index contributed by atoms with van der Waals surface area (Å²) < 4.78 is 0. The van der Waals surface area contributed by atoms with E-state index < -0.39 is 23.3 Å². The number of hydrogen-bond acceptors (Lipinski definition) is 9. The monoisotopic (exact) mass is 509 g/mol. The van der Waals surface area contributed by atoms with Crippen LogP contribution >= 0.6 is 23.5 Å². The summed E-state index contributed by atoms with van der Waals surface area (Å²) >= 11 is 2.50. The molecule has 34 heavy (non-hydrogen) atoms. The van der Waals surface area contributed by atoms with E-state index in [9.17, 15) is 24.3 Å². The zero-order valence-electron chi connectivity index (χ0n) is 18.4. The van der Waals surface area contributed by atoms with Crippen molar-refractivity contribution in [3.8, 4) is 0 Å². The Morgan fingerprint density at radius 2 is 2.00 bits per heavy atom. The molecule has 0 radical (unpaired) electrons. The Morgan fingerprint density at radius 3 is 2.68 bits per heavy atom. The molecule has 0 aromatic carbocycles. The van der Waals surface area contributed by atoms with Crippen molar-refractivity contribution in [2.45, 2.75) is 41.9 Å². The van der Waals surface area contributed by atoms with E-state index in [1.165, 1.54) is 11.8 Å². The number of thioether (sulfide) groups is 2. The van der Waals surface area contributed by atoms with Gasteiger partial charge in [-0.3, -0.25) is 19.3 Å². The van der Waals surface area contributed by atoms with Crippen LogP contribution in [-0.2, 0) is 19.2 Å². The third kappa shape index (κ3) is 4.92. The van der Waals surface area contributed by atoms with Gasteiger partial charge in [-0.1, -0.05) is 11.8 Å². The number of amides is 3. The normalized spacial score (nSPS) is 25.1. The summed E-state index contributed by atoms with van der Waals surface area (Å²) in [6, 6.07) is 1.16. The summed E-state index contributed by atoms with van der Waals surface area (Å²) in [5, 5.41) is 14.5. The fraction of sp³-hybridized carbons (Fsp3) is 0.429. The molecule has 1 aliphatic carbocycles. The molecule has 2 atom stereocenters. The van der Waals surface area contributed by atoms with E-state index >= 15 is 0 Å². The molecule has 4 aliphatic rings. The number of carboxylic acid groups (broad SMARTS) is 1. The molecule has 13 heteroatoms. The van der Waals surface area contributed by atoms with Crippen LogP contribution in [0.25, 0.3) is 0 Å². The number of carbonyl (C=O) groups excluding carboxylic acids is 4. The van der Waals surface area contributed by atoms with E-state index in [4.69, 9.17) is 0 Å². The number of nitrogens with one attached hydrogen (secondary N) is 1. The van der Waals surface area contributed by atoms with Gasteiger partial charge >= 0.3 is 29.6 Å². The number of carboxylic acids is 1. The van der Waals surface area contributed by atoms with Gasteiger partial charge in [-0.25, -0.2) is 9.97 Å². The summed E-state index contributed by atoms with van der Waals surface area (Å²) in [4.78, 5) is 60.7. The van der Waals surface area contributed by atoms with E-state index in [2.05, 4.69) is 15.3 Å². The number of nitrogens with zero attached hydrogens (tertiary/aromatic N) is 4. The molecule has 0 unspecified atom stereocenters. The summed E-state index contributed by atoms with van der Waals surface area (Å²) in [5.41, 5.74) is 0.742. The molecule has 5 rings (SSSR count). The van der Waals surface area contributed by atoms with E-state index in [1.807, 2.05) is 4.90 Å².